The molecule has 1 fully saturated rings. The molecule has 0 radical (unpaired) electrons. The van der Waals surface area contributed by atoms with Crippen LogP contribution in [0.3, 0.4) is 0 Å². The smallest absolute Gasteiger partial charge is 0.257 e. The zero-order chi connectivity index (χ0) is 17.1. The van der Waals surface area contributed by atoms with Crippen molar-refractivity contribution in [1.29, 1.82) is 0 Å². The largest absolute Gasteiger partial charge is 0.431 e. The number of para-hydroxylation sites is 2. The molecule has 0 spiro atoms. The maximum Gasteiger partial charge on any atom is 0.257 e. The van der Waals surface area contributed by atoms with Crippen LogP contribution in [0.15, 0.2) is 58.2 Å². The van der Waals surface area contributed by atoms with Gasteiger partial charge in [-0.2, -0.15) is 0 Å². The van der Waals surface area contributed by atoms with Crippen molar-refractivity contribution >= 4 is 28.8 Å². The van der Waals surface area contributed by atoms with Gasteiger partial charge in [0.05, 0.1) is 0 Å². The van der Waals surface area contributed by atoms with Gasteiger partial charge in [-0.3, -0.25) is 4.79 Å². The summed E-state index contributed by atoms with van der Waals surface area (Å²) < 4.78 is 5.76. The maximum atomic E-state index is 12.9. The number of piperidine rings is 1. The highest BCUT2D eigenvalue weighted by Gasteiger charge is 2.20. The van der Waals surface area contributed by atoms with Gasteiger partial charge in [0.1, 0.15) is 5.52 Å². The van der Waals surface area contributed by atoms with Crippen molar-refractivity contribution in [3.8, 4) is 0 Å². The predicted molar refractivity (Wildman–Crippen MR) is 99.8 cm³/mol. The molecule has 1 saturated heterocycles. The third-order valence-corrected chi connectivity index (χ3v) is 5.39. The minimum Gasteiger partial charge on any atom is -0.431 e. The molecule has 1 aliphatic heterocycles. The number of carbonyl (C=O) groups is 1. The molecule has 0 saturated carbocycles. The lowest BCUT2D eigenvalue weighted by molar-refractivity contribution is 0.0723. The summed E-state index contributed by atoms with van der Waals surface area (Å²) in [5.41, 5.74) is 3.49. The molecule has 0 bridgehead atoms. The van der Waals surface area contributed by atoms with E-state index >= 15 is 0 Å². The SMILES string of the molecule is O=C(c1ccccc1CSc1nc2ccccc2o1)N1CCCCC1. The van der Waals surface area contributed by atoms with Gasteiger partial charge in [0.2, 0.25) is 0 Å². The van der Waals surface area contributed by atoms with Crippen LogP contribution in [-0.4, -0.2) is 28.9 Å². The zero-order valence-electron chi connectivity index (χ0n) is 14.0. The molecule has 0 N–H and O–H groups in total. The van der Waals surface area contributed by atoms with Crippen molar-refractivity contribution in [2.45, 2.75) is 30.2 Å². The lowest BCUT2D eigenvalue weighted by Crippen LogP contribution is -2.36. The molecule has 2 aromatic carbocycles. The minimum absolute atomic E-state index is 0.147. The third-order valence-electron chi connectivity index (χ3n) is 4.52. The highest BCUT2D eigenvalue weighted by atomic mass is 32.2. The molecule has 4 rings (SSSR count). The standard InChI is InChI=1S/C20H20N2O2S/c23-19(22-12-6-1-7-13-22)16-9-3-2-8-15(16)14-25-20-21-17-10-4-5-11-18(17)24-20/h2-5,8-11H,1,6-7,12-14H2. The Balaban J connectivity index is 1.51. The van der Waals surface area contributed by atoms with Gasteiger partial charge in [-0.25, -0.2) is 4.98 Å². The second kappa shape index (κ2) is 7.31. The molecule has 2 heterocycles. The first-order chi connectivity index (χ1) is 12.3. The molecule has 1 amide bonds. The van der Waals surface area contributed by atoms with Crippen molar-refractivity contribution in [2.24, 2.45) is 0 Å². The second-order valence-electron chi connectivity index (χ2n) is 6.25. The van der Waals surface area contributed by atoms with Gasteiger partial charge >= 0.3 is 0 Å². The van der Waals surface area contributed by atoms with Crippen molar-refractivity contribution in [3.05, 3.63) is 59.7 Å². The number of carbonyl (C=O) groups excluding carboxylic acids is 1. The van der Waals surface area contributed by atoms with E-state index in [1.165, 1.54) is 18.2 Å². The Morgan fingerprint density at radius 3 is 2.64 bits per heavy atom. The van der Waals surface area contributed by atoms with Crippen LogP contribution in [0, 0.1) is 0 Å². The Kier molecular flexibility index (Phi) is 4.74. The first-order valence-electron chi connectivity index (χ1n) is 8.67. The van der Waals surface area contributed by atoms with Crippen LogP contribution in [-0.2, 0) is 5.75 Å². The minimum atomic E-state index is 0.147. The monoisotopic (exact) mass is 352 g/mol. The third kappa shape index (κ3) is 3.56. The van der Waals surface area contributed by atoms with Gasteiger partial charge in [0.25, 0.3) is 11.1 Å². The van der Waals surface area contributed by atoms with Gasteiger partial charge in [0, 0.05) is 24.4 Å². The number of likely N-dealkylation sites (tertiary alicyclic amines) is 1. The van der Waals surface area contributed by atoms with Crippen LogP contribution < -0.4 is 0 Å². The normalized spacial score (nSPS) is 14.8. The van der Waals surface area contributed by atoms with Crippen LogP contribution in [0.4, 0.5) is 0 Å². The van der Waals surface area contributed by atoms with E-state index in [4.69, 9.17) is 4.42 Å². The molecule has 4 nitrogen and oxygen atoms in total. The molecule has 1 aromatic heterocycles. The van der Waals surface area contributed by atoms with E-state index in [0.717, 1.165) is 48.2 Å². The van der Waals surface area contributed by atoms with Gasteiger partial charge in [-0.05, 0) is 43.0 Å². The Labute approximate surface area is 151 Å². The highest BCUT2D eigenvalue weighted by molar-refractivity contribution is 7.98. The van der Waals surface area contributed by atoms with Crippen LogP contribution in [0.5, 0.6) is 0 Å². The van der Waals surface area contributed by atoms with Crippen LogP contribution in [0.2, 0.25) is 0 Å². The Morgan fingerprint density at radius 2 is 1.80 bits per heavy atom. The lowest BCUT2D eigenvalue weighted by Gasteiger charge is -2.27. The summed E-state index contributed by atoms with van der Waals surface area (Å²) in [6.45, 7) is 1.73. The molecule has 3 aromatic rings. The van der Waals surface area contributed by atoms with E-state index in [2.05, 4.69) is 4.98 Å². The van der Waals surface area contributed by atoms with E-state index in [0.29, 0.717) is 11.0 Å². The Hall–Kier alpha value is -2.27. The van der Waals surface area contributed by atoms with Gasteiger partial charge in [-0.15, -0.1) is 0 Å². The number of benzene rings is 2. The molecule has 0 aliphatic carbocycles. The van der Waals surface area contributed by atoms with Crippen LogP contribution in [0.1, 0.15) is 35.2 Å². The number of thioether (sulfide) groups is 1. The number of oxazole rings is 1. The Bertz CT molecular complexity index is 851. The number of rotatable bonds is 4. The van der Waals surface area contributed by atoms with Crippen molar-refractivity contribution < 1.29 is 9.21 Å². The molecular weight excluding hydrogens is 332 g/mol. The molecule has 25 heavy (non-hydrogen) atoms. The number of hydrogen-bond acceptors (Lipinski definition) is 4. The van der Waals surface area contributed by atoms with Gasteiger partial charge in [-0.1, -0.05) is 42.1 Å². The molecular formula is C20H20N2O2S. The summed E-state index contributed by atoms with van der Waals surface area (Å²) in [6, 6.07) is 15.6. The summed E-state index contributed by atoms with van der Waals surface area (Å²) in [5.74, 6) is 0.816. The quantitative estimate of drug-likeness (QED) is 0.636. The highest BCUT2D eigenvalue weighted by Crippen LogP contribution is 2.28. The number of aromatic nitrogens is 1. The number of fused-ring (bicyclic) bond motifs is 1. The molecule has 5 heteroatoms. The Morgan fingerprint density at radius 1 is 1.04 bits per heavy atom. The number of amides is 1. The fourth-order valence-corrected chi connectivity index (χ4v) is 4.02. The van der Waals surface area contributed by atoms with Crippen LogP contribution in [0.25, 0.3) is 11.1 Å². The number of hydrogen-bond donors (Lipinski definition) is 0. The van der Waals surface area contributed by atoms with Crippen molar-refractivity contribution in [2.75, 3.05) is 13.1 Å². The maximum absolute atomic E-state index is 12.9. The van der Waals surface area contributed by atoms with Crippen molar-refractivity contribution in [3.63, 3.8) is 0 Å². The van der Waals surface area contributed by atoms with Crippen molar-refractivity contribution in [1.82, 2.24) is 9.88 Å². The van der Waals surface area contributed by atoms with E-state index in [9.17, 15) is 4.79 Å². The van der Waals surface area contributed by atoms with Crippen LogP contribution >= 0.6 is 11.8 Å². The first-order valence-corrected chi connectivity index (χ1v) is 9.65. The predicted octanol–water partition coefficient (Wildman–Crippen LogP) is 4.75. The van der Waals surface area contributed by atoms with E-state index in [1.807, 2.05) is 53.4 Å². The first kappa shape index (κ1) is 16.2. The average molecular weight is 352 g/mol. The summed E-state index contributed by atoms with van der Waals surface area (Å²) in [4.78, 5) is 19.3. The molecule has 0 atom stereocenters. The fourth-order valence-electron chi connectivity index (χ4n) is 3.17. The van der Waals surface area contributed by atoms with E-state index < -0.39 is 0 Å². The van der Waals surface area contributed by atoms with Gasteiger partial charge < -0.3 is 9.32 Å². The molecule has 1 aliphatic rings. The lowest BCUT2D eigenvalue weighted by atomic mass is 10.1. The average Bonchev–Trinajstić information content (AvgIpc) is 3.10. The molecule has 0 unspecified atom stereocenters. The topological polar surface area (TPSA) is 46.3 Å². The summed E-state index contributed by atoms with van der Waals surface area (Å²) in [6.07, 6.45) is 3.43. The summed E-state index contributed by atoms with van der Waals surface area (Å²) >= 11 is 1.53. The zero-order valence-corrected chi connectivity index (χ0v) is 14.8. The molecule has 128 valence electrons. The summed E-state index contributed by atoms with van der Waals surface area (Å²) in [7, 11) is 0. The summed E-state index contributed by atoms with van der Waals surface area (Å²) in [5, 5.41) is 0.640. The van der Waals surface area contributed by atoms with E-state index in [1.54, 1.807) is 0 Å². The number of nitrogens with zero attached hydrogens (tertiary/aromatic N) is 2. The van der Waals surface area contributed by atoms with Gasteiger partial charge in [0.15, 0.2) is 5.58 Å². The second-order valence-corrected chi connectivity index (χ2v) is 7.17. The fraction of sp³-hybridized carbons (Fsp3) is 0.300. The van der Waals surface area contributed by atoms with E-state index in [-0.39, 0.29) is 5.91 Å².